The van der Waals surface area contributed by atoms with Crippen molar-refractivity contribution >= 4 is 45.0 Å². The number of carbonyl (C=O) groups excluding carboxylic acids is 2. The largest absolute Gasteiger partial charge is 0.467 e. The van der Waals surface area contributed by atoms with Crippen molar-refractivity contribution in [1.29, 1.82) is 0 Å². The fraction of sp³-hybridized carbons (Fsp3) is 0.133. The van der Waals surface area contributed by atoms with Crippen molar-refractivity contribution < 1.29 is 22.4 Å². The summed E-state index contributed by atoms with van der Waals surface area (Å²) in [7, 11) is -3.75. The minimum atomic E-state index is -3.75. The van der Waals surface area contributed by atoms with Gasteiger partial charge in [-0.1, -0.05) is 35.5 Å². The van der Waals surface area contributed by atoms with Crippen LogP contribution in [-0.4, -0.2) is 25.1 Å². The van der Waals surface area contributed by atoms with Gasteiger partial charge in [-0.25, -0.2) is 8.42 Å². The molecule has 0 atom stereocenters. The maximum Gasteiger partial charge on any atom is 0.278 e. The molecule has 1 aromatic heterocycles. The van der Waals surface area contributed by atoms with Gasteiger partial charge in [0.15, 0.2) is 0 Å². The summed E-state index contributed by atoms with van der Waals surface area (Å²) in [4.78, 5) is 29.1. The quantitative estimate of drug-likeness (QED) is 0.237. The molecule has 40 heavy (non-hydrogen) atoms. The lowest BCUT2D eigenvalue weighted by atomic mass is 10.1. The molecule has 2 heterocycles. The maximum absolute atomic E-state index is 13.5. The van der Waals surface area contributed by atoms with Crippen LogP contribution in [0.25, 0.3) is 0 Å². The van der Waals surface area contributed by atoms with E-state index in [2.05, 4.69) is 10.0 Å². The van der Waals surface area contributed by atoms with Gasteiger partial charge < -0.3 is 9.73 Å². The van der Waals surface area contributed by atoms with E-state index in [9.17, 15) is 18.0 Å². The predicted octanol–water partition coefficient (Wildman–Crippen LogP) is 5.99. The zero-order valence-corrected chi connectivity index (χ0v) is 23.7. The van der Waals surface area contributed by atoms with Gasteiger partial charge in [0.2, 0.25) is 0 Å². The highest BCUT2D eigenvalue weighted by Gasteiger charge is 2.39. The third kappa shape index (κ3) is 5.83. The number of imide groups is 1. The van der Waals surface area contributed by atoms with Crippen molar-refractivity contribution in [3.8, 4) is 0 Å². The fourth-order valence-electron chi connectivity index (χ4n) is 4.06. The number of benzene rings is 3. The molecular formula is C30H27N3O5S2. The van der Waals surface area contributed by atoms with Gasteiger partial charge >= 0.3 is 0 Å². The van der Waals surface area contributed by atoms with Gasteiger partial charge in [-0.05, 0) is 92.6 Å². The smallest absolute Gasteiger partial charge is 0.278 e. The van der Waals surface area contributed by atoms with E-state index in [0.717, 1.165) is 33.4 Å². The first kappa shape index (κ1) is 27.3. The van der Waals surface area contributed by atoms with Gasteiger partial charge in [-0.2, -0.15) is 0 Å². The van der Waals surface area contributed by atoms with Crippen molar-refractivity contribution in [2.45, 2.75) is 37.1 Å². The standard InChI is InChI=1S/C30H27N3O5S2/c1-19-6-14-26(15-7-19)40(36,37)32-22-10-12-25(13-11-22)39-28-27(31-23-9-8-20(2)21(3)17-23)29(34)33(30(28)35)18-24-5-4-16-38-24/h4-17,31-32H,18H2,1-3H3. The summed E-state index contributed by atoms with van der Waals surface area (Å²) in [5.41, 5.74) is 4.37. The van der Waals surface area contributed by atoms with E-state index >= 15 is 0 Å². The number of hydrogen-bond donors (Lipinski definition) is 2. The maximum atomic E-state index is 13.5. The summed E-state index contributed by atoms with van der Waals surface area (Å²) in [6.07, 6.45) is 1.49. The van der Waals surface area contributed by atoms with Gasteiger partial charge in [0.05, 0.1) is 17.7 Å². The fourth-order valence-corrected chi connectivity index (χ4v) is 6.07. The van der Waals surface area contributed by atoms with Crippen LogP contribution in [0.4, 0.5) is 11.4 Å². The van der Waals surface area contributed by atoms with E-state index < -0.39 is 21.8 Å². The van der Waals surface area contributed by atoms with Crippen LogP contribution >= 0.6 is 11.8 Å². The Morgan fingerprint density at radius 1 is 0.825 bits per heavy atom. The molecule has 0 radical (unpaired) electrons. The molecule has 0 fully saturated rings. The van der Waals surface area contributed by atoms with Crippen molar-refractivity contribution in [2.75, 3.05) is 10.0 Å². The van der Waals surface area contributed by atoms with E-state index in [-0.39, 0.29) is 22.0 Å². The van der Waals surface area contributed by atoms with Gasteiger partial charge in [0.1, 0.15) is 16.4 Å². The number of furan rings is 1. The molecule has 1 aliphatic heterocycles. The van der Waals surface area contributed by atoms with Crippen LogP contribution < -0.4 is 10.0 Å². The Hall–Kier alpha value is -4.28. The molecule has 0 spiro atoms. The summed E-state index contributed by atoms with van der Waals surface area (Å²) in [5.74, 6) is -0.407. The highest BCUT2D eigenvalue weighted by atomic mass is 32.2. The number of nitrogens with zero attached hydrogens (tertiary/aromatic N) is 1. The van der Waals surface area contributed by atoms with Crippen LogP contribution in [0.3, 0.4) is 0 Å². The molecule has 0 saturated heterocycles. The summed E-state index contributed by atoms with van der Waals surface area (Å²) >= 11 is 1.14. The molecule has 2 amide bonds. The predicted molar refractivity (Wildman–Crippen MR) is 155 cm³/mol. The topological polar surface area (TPSA) is 109 Å². The monoisotopic (exact) mass is 573 g/mol. The third-order valence-corrected chi connectivity index (χ3v) is 8.94. The molecule has 10 heteroatoms. The first-order valence-electron chi connectivity index (χ1n) is 12.5. The van der Waals surface area contributed by atoms with Crippen LogP contribution in [0, 0.1) is 20.8 Å². The Kier molecular flexibility index (Phi) is 7.55. The Bertz CT molecular complexity index is 1710. The summed E-state index contributed by atoms with van der Waals surface area (Å²) < 4.78 is 33.5. The van der Waals surface area contributed by atoms with E-state index in [0.29, 0.717) is 22.0 Å². The SMILES string of the molecule is Cc1ccc(S(=O)(=O)Nc2ccc(SC3=C(Nc4ccc(C)c(C)c4)C(=O)N(Cc4ccco4)C3=O)cc2)cc1. The summed E-state index contributed by atoms with van der Waals surface area (Å²) in [5, 5.41) is 3.16. The minimum Gasteiger partial charge on any atom is -0.467 e. The Morgan fingerprint density at radius 3 is 2.17 bits per heavy atom. The molecule has 4 aromatic rings. The van der Waals surface area contributed by atoms with Gasteiger partial charge in [0.25, 0.3) is 21.8 Å². The molecule has 204 valence electrons. The molecule has 2 N–H and O–H groups in total. The van der Waals surface area contributed by atoms with E-state index in [4.69, 9.17) is 4.42 Å². The van der Waals surface area contributed by atoms with Crippen molar-refractivity contribution in [3.05, 3.63) is 118 Å². The lowest BCUT2D eigenvalue weighted by Crippen LogP contribution is -2.31. The lowest BCUT2D eigenvalue weighted by molar-refractivity contribution is -0.138. The zero-order chi connectivity index (χ0) is 28.4. The number of amides is 2. The second kappa shape index (κ2) is 11.1. The third-order valence-electron chi connectivity index (χ3n) is 6.45. The van der Waals surface area contributed by atoms with Crippen molar-refractivity contribution in [1.82, 2.24) is 4.90 Å². The molecule has 1 aliphatic rings. The first-order chi connectivity index (χ1) is 19.1. The van der Waals surface area contributed by atoms with Crippen LogP contribution in [0.2, 0.25) is 0 Å². The number of aryl methyl sites for hydroxylation is 3. The average Bonchev–Trinajstić information content (AvgIpc) is 3.51. The van der Waals surface area contributed by atoms with Gasteiger partial charge in [-0.3, -0.25) is 19.2 Å². The highest BCUT2D eigenvalue weighted by molar-refractivity contribution is 8.04. The summed E-state index contributed by atoms with van der Waals surface area (Å²) in [6.45, 7) is 5.87. The van der Waals surface area contributed by atoms with E-state index in [1.165, 1.54) is 6.26 Å². The first-order valence-corrected chi connectivity index (χ1v) is 14.8. The Balaban J connectivity index is 1.40. The molecule has 0 saturated carbocycles. The number of thioether (sulfide) groups is 1. The van der Waals surface area contributed by atoms with E-state index in [1.807, 2.05) is 39.0 Å². The minimum absolute atomic E-state index is 0.00651. The number of carbonyl (C=O) groups is 2. The number of anilines is 2. The zero-order valence-electron chi connectivity index (χ0n) is 22.1. The van der Waals surface area contributed by atoms with Crippen LogP contribution in [0.15, 0.2) is 110 Å². The Morgan fingerprint density at radius 2 is 1.52 bits per heavy atom. The Labute approximate surface area is 237 Å². The molecule has 5 rings (SSSR count). The normalized spacial score (nSPS) is 13.7. The second-order valence-electron chi connectivity index (χ2n) is 9.45. The molecule has 0 aliphatic carbocycles. The van der Waals surface area contributed by atoms with Crippen molar-refractivity contribution in [2.24, 2.45) is 0 Å². The van der Waals surface area contributed by atoms with Gasteiger partial charge in [-0.15, -0.1) is 0 Å². The number of sulfonamides is 1. The molecule has 0 unspecified atom stereocenters. The average molecular weight is 574 g/mol. The number of rotatable bonds is 9. The summed E-state index contributed by atoms with van der Waals surface area (Å²) in [6, 6.07) is 22.4. The lowest BCUT2D eigenvalue weighted by Gasteiger charge is -2.14. The van der Waals surface area contributed by atoms with Crippen LogP contribution in [0.5, 0.6) is 0 Å². The molecule has 0 bridgehead atoms. The second-order valence-corrected chi connectivity index (χ2v) is 12.2. The van der Waals surface area contributed by atoms with Gasteiger partial charge in [0, 0.05) is 16.3 Å². The number of hydrogen-bond acceptors (Lipinski definition) is 7. The van der Waals surface area contributed by atoms with Crippen LogP contribution in [-0.2, 0) is 26.2 Å². The highest BCUT2D eigenvalue weighted by Crippen LogP contribution is 2.37. The number of nitrogens with one attached hydrogen (secondary N) is 2. The molecular weight excluding hydrogens is 546 g/mol. The molecule has 8 nitrogen and oxygen atoms in total. The van der Waals surface area contributed by atoms with E-state index in [1.54, 1.807) is 60.7 Å². The van der Waals surface area contributed by atoms with Crippen LogP contribution in [0.1, 0.15) is 22.5 Å². The molecule has 3 aromatic carbocycles. The van der Waals surface area contributed by atoms with Crippen molar-refractivity contribution in [3.63, 3.8) is 0 Å².